The summed E-state index contributed by atoms with van der Waals surface area (Å²) in [6.07, 6.45) is 8.46. The van der Waals surface area contributed by atoms with Crippen LogP contribution in [0.4, 0.5) is 0 Å². The van der Waals surface area contributed by atoms with E-state index in [0.717, 1.165) is 37.9 Å². The fraction of sp³-hybridized carbons (Fsp3) is 0.423. The number of hydrogen-bond donors (Lipinski definition) is 0. The molecule has 0 unspecified atom stereocenters. The third-order valence-corrected chi connectivity index (χ3v) is 7.07. The lowest BCUT2D eigenvalue weighted by atomic mass is 9.54. The molecule has 1 saturated carbocycles. The summed E-state index contributed by atoms with van der Waals surface area (Å²) in [7, 11) is 0. The molecule has 4 atom stereocenters. The van der Waals surface area contributed by atoms with Gasteiger partial charge >= 0.3 is 0 Å². The molecule has 0 N–H and O–H groups in total. The van der Waals surface area contributed by atoms with Crippen LogP contribution in [0.15, 0.2) is 61.2 Å². The molecular weight excluding hydrogens is 344 g/mol. The summed E-state index contributed by atoms with van der Waals surface area (Å²) in [5.41, 5.74) is 3.89. The quantitative estimate of drug-likeness (QED) is 0.451. The lowest BCUT2D eigenvalue weighted by Crippen LogP contribution is -2.43. The second-order valence-electron chi connectivity index (χ2n) is 8.74. The highest BCUT2D eigenvalue weighted by atomic mass is 16.5. The van der Waals surface area contributed by atoms with Gasteiger partial charge in [-0.1, -0.05) is 49.4 Å². The van der Waals surface area contributed by atoms with Crippen LogP contribution in [0.5, 0.6) is 5.75 Å². The number of aldehydes is 1. The van der Waals surface area contributed by atoms with E-state index in [4.69, 9.17) is 4.74 Å². The molecule has 28 heavy (non-hydrogen) atoms. The first-order valence-corrected chi connectivity index (χ1v) is 10.5. The van der Waals surface area contributed by atoms with Gasteiger partial charge in [0.1, 0.15) is 18.6 Å². The minimum absolute atomic E-state index is 0.203. The number of fused-ring (bicyclic) bond motifs is 3. The third kappa shape index (κ3) is 3.53. The standard InChI is InChI=1S/C26H30O2/c1-3-7-25-24-12-10-20-16-21(28-17-19-8-5-4-6-9-19)11-13-22(20)23(24)14-15-26(25,2)18-27/h3-6,8-9,11,13,16,18,23-25H,1,7,10,12,14-15,17H2,2H3/t23-,24-,25+,26-/m1/s1. The summed E-state index contributed by atoms with van der Waals surface area (Å²) in [5.74, 6) is 2.50. The van der Waals surface area contributed by atoms with Gasteiger partial charge in [-0.2, -0.15) is 0 Å². The zero-order valence-electron chi connectivity index (χ0n) is 16.8. The van der Waals surface area contributed by atoms with Crippen molar-refractivity contribution in [2.75, 3.05) is 0 Å². The molecule has 2 aliphatic rings. The monoisotopic (exact) mass is 374 g/mol. The summed E-state index contributed by atoms with van der Waals surface area (Å²) < 4.78 is 6.04. The number of carbonyl (C=O) groups excluding carboxylic acids is 1. The van der Waals surface area contributed by atoms with Crippen LogP contribution in [0.1, 0.15) is 55.2 Å². The van der Waals surface area contributed by atoms with Crippen LogP contribution < -0.4 is 4.74 Å². The number of rotatable bonds is 6. The van der Waals surface area contributed by atoms with E-state index < -0.39 is 0 Å². The van der Waals surface area contributed by atoms with E-state index in [1.807, 2.05) is 24.3 Å². The maximum atomic E-state index is 11.9. The molecule has 1 fully saturated rings. The van der Waals surface area contributed by atoms with Crippen LogP contribution in [0.3, 0.4) is 0 Å². The molecule has 4 rings (SSSR count). The van der Waals surface area contributed by atoms with Crippen molar-refractivity contribution in [1.29, 1.82) is 0 Å². The number of aryl methyl sites for hydroxylation is 1. The summed E-state index contributed by atoms with van der Waals surface area (Å²) in [6.45, 7) is 6.72. The fourth-order valence-corrected chi connectivity index (χ4v) is 5.51. The van der Waals surface area contributed by atoms with Crippen molar-refractivity contribution < 1.29 is 9.53 Å². The minimum atomic E-state index is -0.203. The van der Waals surface area contributed by atoms with Crippen molar-refractivity contribution in [2.45, 2.75) is 51.6 Å². The average molecular weight is 375 g/mol. The molecular formula is C26H30O2. The Morgan fingerprint density at radius 3 is 2.75 bits per heavy atom. The molecule has 0 heterocycles. The van der Waals surface area contributed by atoms with Crippen LogP contribution in [0.2, 0.25) is 0 Å². The SMILES string of the molecule is C=CC[C@H]1[C@@H]2CCc3cc(OCc4ccccc4)ccc3[C@H]2CC[C@]1(C)C=O. The van der Waals surface area contributed by atoms with Crippen molar-refractivity contribution in [1.82, 2.24) is 0 Å². The first-order chi connectivity index (χ1) is 13.6. The normalized spacial score (nSPS) is 28.7. The highest BCUT2D eigenvalue weighted by Crippen LogP contribution is 2.55. The maximum absolute atomic E-state index is 11.9. The Kier molecular flexibility index (Phi) is 5.39. The van der Waals surface area contributed by atoms with Gasteiger partial charge in [0.15, 0.2) is 0 Å². The van der Waals surface area contributed by atoms with E-state index in [1.54, 1.807) is 0 Å². The number of ether oxygens (including phenoxy) is 1. The van der Waals surface area contributed by atoms with Crippen molar-refractivity contribution in [3.8, 4) is 5.75 Å². The van der Waals surface area contributed by atoms with Crippen LogP contribution in [0, 0.1) is 17.3 Å². The van der Waals surface area contributed by atoms with E-state index in [1.165, 1.54) is 23.0 Å². The Bertz CT molecular complexity index is 841. The summed E-state index contributed by atoms with van der Waals surface area (Å²) >= 11 is 0. The Morgan fingerprint density at radius 2 is 2.00 bits per heavy atom. The smallest absolute Gasteiger partial charge is 0.126 e. The van der Waals surface area contributed by atoms with Crippen LogP contribution in [-0.2, 0) is 17.8 Å². The van der Waals surface area contributed by atoms with Crippen LogP contribution >= 0.6 is 0 Å². The molecule has 2 aromatic rings. The topological polar surface area (TPSA) is 26.3 Å². The Labute approximate surface area is 168 Å². The largest absolute Gasteiger partial charge is 0.489 e. The van der Waals surface area contributed by atoms with Crippen molar-refractivity contribution in [2.24, 2.45) is 17.3 Å². The molecule has 0 radical (unpaired) electrons. The molecule has 2 heteroatoms. The molecule has 146 valence electrons. The molecule has 2 aromatic carbocycles. The van der Waals surface area contributed by atoms with Gasteiger partial charge in [0, 0.05) is 5.41 Å². The molecule has 0 spiro atoms. The molecule has 0 amide bonds. The van der Waals surface area contributed by atoms with Crippen molar-refractivity contribution in [3.05, 3.63) is 77.9 Å². The highest BCUT2D eigenvalue weighted by Gasteiger charge is 2.47. The maximum Gasteiger partial charge on any atom is 0.126 e. The van der Waals surface area contributed by atoms with Gasteiger partial charge in [-0.05, 0) is 78.7 Å². The molecule has 0 saturated heterocycles. The van der Waals surface area contributed by atoms with Crippen LogP contribution in [-0.4, -0.2) is 6.29 Å². The van der Waals surface area contributed by atoms with Gasteiger partial charge in [0.05, 0.1) is 0 Å². The molecule has 0 aliphatic heterocycles. The summed E-state index contributed by atoms with van der Waals surface area (Å²) in [6, 6.07) is 16.9. The summed E-state index contributed by atoms with van der Waals surface area (Å²) in [5, 5.41) is 0. The lowest BCUT2D eigenvalue weighted by molar-refractivity contribution is -0.122. The van der Waals surface area contributed by atoms with Gasteiger partial charge in [-0.15, -0.1) is 6.58 Å². The van der Waals surface area contributed by atoms with E-state index in [9.17, 15) is 4.79 Å². The Balaban J connectivity index is 1.53. The molecule has 0 bridgehead atoms. The number of carbonyl (C=O) groups is 1. The zero-order valence-corrected chi connectivity index (χ0v) is 16.8. The van der Waals surface area contributed by atoms with Gasteiger partial charge in [0.25, 0.3) is 0 Å². The average Bonchev–Trinajstić information content (AvgIpc) is 2.74. The lowest BCUT2D eigenvalue weighted by Gasteiger charge is -2.49. The van der Waals surface area contributed by atoms with E-state index in [0.29, 0.717) is 24.4 Å². The second-order valence-corrected chi connectivity index (χ2v) is 8.74. The molecule has 0 aromatic heterocycles. The number of allylic oxidation sites excluding steroid dienone is 1. The Hall–Kier alpha value is -2.35. The molecule has 2 aliphatic carbocycles. The number of hydrogen-bond acceptors (Lipinski definition) is 2. The summed E-state index contributed by atoms with van der Waals surface area (Å²) in [4.78, 5) is 11.9. The van der Waals surface area contributed by atoms with E-state index in [-0.39, 0.29) is 5.41 Å². The number of benzene rings is 2. The minimum Gasteiger partial charge on any atom is -0.489 e. The van der Waals surface area contributed by atoms with Crippen LogP contribution in [0.25, 0.3) is 0 Å². The van der Waals surface area contributed by atoms with E-state index >= 15 is 0 Å². The van der Waals surface area contributed by atoms with Crippen molar-refractivity contribution >= 4 is 6.29 Å². The first kappa shape index (κ1) is 19.0. The predicted molar refractivity (Wildman–Crippen MR) is 113 cm³/mol. The Morgan fingerprint density at radius 1 is 1.18 bits per heavy atom. The highest BCUT2D eigenvalue weighted by molar-refractivity contribution is 5.60. The molecule has 2 nitrogen and oxygen atoms in total. The predicted octanol–water partition coefficient (Wildman–Crippen LogP) is 6.10. The van der Waals surface area contributed by atoms with Gasteiger partial charge < -0.3 is 9.53 Å². The van der Waals surface area contributed by atoms with Gasteiger partial charge in [-0.25, -0.2) is 0 Å². The van der Waals surface area contributed by atoms with E-state index in [2.05, 4.69) is 43.8 Å². The fourth-order valence-electron chi connectivity index (χ4n) is 5.51. The first-order valence-electron chi connectivity index (χ1n) is 10.5. The van der Waals surface area contributed by atoms with Crippen molar-refractivity contribution in [3.63, 3.8) is 0 Å². The second kappa shape index (κ2) is 7.95. The van der Waals surface area contributed by atoms with Gasteiger partial charge in [0.2, 0.25) is 0 Å². The van der Waals surface area contributed by atoms with Gasteiger partial charge in [-0.3, -0.25) is 0 Å². The zero-order chi connectivity index (χ0) is 19.6. The third-order valence-electron chi connectivity index (χ3n) is 7.07.